The SMILES string of the molecule is Cc1nc2c(C)cccn2c1C(=O)Nc1cccc2c(O)cccc12. The predicted octanol–water partition coefficient (Wildman–Crippen LogP) is 4.06. The number of nitrogens with one attached hydrogen (secondary N) is 1. The van der Waals surface area contributed by atoms with Crippen molar-refractivity contribution in [3.63, 3.8) is 0 Å². The summed E-state index contributed by atoms with van der Waals surface area (Å²) in [5.41, 5.74) is 3.63. The van der Waals surface area contributed by atoms with Crippen LogP contribution in [0.4, 0.5) is 5.69 Å². The molecule has 0 saturated carbocycles. The molecule has 2 aromatic carbocycles. The Kier molecular flexibility index (Phi) is 3.42. The van der Waals surface area contributed by atoms with Crippen LogP contribution in [0.15, 0.2) is 54.7 Å². The Balaban J connectivity index is 1.81. The van der Waals surface area contributed by atoms with Gasteiger partial charge < -0.3 is 10.4 Å². The van der Waals surface area contributed by atoms with E-state index in [9.17, 15) is 9.90 Å². The van der Waals surface area contributed by atoms with E-state index in [2.05, 4.69) is 10.3 Å². The Morgan fingerprint density at radius 1 is 1.04 bits per heavy atom. The molecule has 2 N–H and O–H groups in total. The molecule has 1 amide bonds. The van der Waals surface area contributed by atoms with Crippen LogP contribution in [0, 0.1) is 13.8 Å². The first-order chi connectivity index (χ1) is 12.1. The summed E-state index contributed by atoms with van der Waals surface area (Å²) in [5, 5.41) is 14.4. The number of imidazole rings is 1. The second-order valence-corrected chi connectivity index (χ2v) is 6.06. The molecule has 0 spiro atoms. The molecule has 0 atom stereocenters. The lowest BCUT2D eigenvalue weighted by Gasteiger charge is -2.10. The fraction of sp³-hybridized carbons (Fsp3) is 0.100. The zero-order valence-electron chi connectivity index (χ0n) is 13.9. The Hall–Kier alpha value is -3.34. The fourth-order valence-corrected chi connectivity index (χ4v) is 3.17. The van der Waals surface area contributed by atoms with E-state index in [4.69, 9.17) is 0 Å². The van der Waals surface area contributed by atoms with Crippen LogP contribution in [0.3, 0.4) is 0 Å². The summed E-state index contributed by atoms with van der Waals surface area (Å²) in [6.45, 7) is 3.80. The highest BCUT2D eigenvalue weighted by Gasteiger charge is 2.18. The van der Waals surface area contributed by atoms with Crippen molar-refractivity contribution >= 4 is 28.0 Å². The third-order valence-electron chi connectivity index (χ3n) is 4.38. The summed E-state index contributed by atoms with van der Waals surface area (Å²) in [5.74, 6) is -0.0401. The van der Waals surface area contributed by atoms with Gasteiger partial charge in [0, 0.05) is 22.7 Å². The second kappa shape index (κ2) is 5.63. The quantitative estimate of drug-likeness (QED) is 0.582. The fourth-order valence-electron chi connectivity index (χ4n) is 3.17. The number of hydrogen-bond acceptors (Lipinski definition) is 3. The summed E-state index contributed by atoms with van der Waals surface area (Å²) in [7, 11) is 0. The first-order valence-electron chi connectivity index (χ1n) is 8.02. The first kappa shape index (κ1) is 15.2. The monoisotopic (exact) mass is 331 g/mol. The number of amides is 1. The van der Waals surface area contributed by atoms with Crippen LogP contribution in [-0.4, -0.2) is 20.4 Å². The lowest BCUT2D eigenvalue weighted by atomic mass is 10.1. The Labute approximate surface area is 144 Å². The number of hydrogen-bond donors (Lipinski definition) is 2. The van der Waals surface area contributed by atoms with Crippen LogP contribution in [0.5, 0.6) is 5.75 Å². The number of aromatic hydroxyl groups is 1. The number of anilines is 1. The number of pyridine rings is 1. The highest BCUT2D eigenvalue weighted by molar-refractivity contribution is 6.10. The zero-order valence-corrected chi connectivity index (χ0v) is 13.9. The zero-order chi connectivity index (χ0) is 17.6. The van der Waals surface area contributed by atoms with Gasteiger partial charge in [0.2, 0.25) is 0 Å². The lowest BCUT2D eigenvalue weighted by molar-refractivity contribution is 0.102. The summed E-state index contributed by atoms with van der Waals surface area (Å²) < 4.78 is 1.81. The normalized spacial score (nSPS) is 11.1. The van der Waals surface area contributed by atoms with Crippen LogP contribution in [0.2, 0.25) is 0 Å². The molecule has 4 rings (SSSR count). The molecule has 25 heavy (non-hydrogen) atoms. The van der Waals surface area contributed by atoms with Crippen molar-refractivity contribution < 1.29 is 9.90 Å². The van der Waals surface area contributed by atoms with Gasteiger partial charge in [0.1, 0.15) is 17.1 Å². The minimum atomic E-state index is -0.230. The van der Waals surface area contributed by atoms with Gasteiger partial charge in [-0.15, -0.1) is 0 Å². The number of aromatic nitrogens is 2. The largest absolute Gasteiger partial charge is 0.507 e. The van der Waals surface area contributed by atoms with Crippen molar-refractivity contribution in [3.05, 3.63) is 71.7 Å². The number of aryl methyl sites for hydroxylation is 2. The van der Waals surface area contributed by atoms with Crippen LogP contribution < -0.4 is 5.32 Å². The number of carbonyl (C=O) groups excluding carboxylic acids is 1. The molecule has 2 aromatic heterocycles. The second-order valence-electron chi connectivity index (χ2n) is 6.06. The van der Waals surface area contributed by atoms with Gasteiger partial charge in [0.05, 0.1) is 5.69 Å². The third kappa shape index (κ3) is 2.41. The van der Waals surface area contributed by atoms with E-state index in [1.54, 1.807) is 12.1 Å². The van der Waals surface area contributed by atoms with Crippen molar-refractivity contribution in [3.8, 4) is 5.75 Å². The molecule has 124 valence electrons. The third-order valence-corrected chi connectivity index (χ3v) is 4.38. The Bertz CT molecular complexity index is 1130. The summed E-state index contributed by atoms with van der Waals surface area (Å²) >= 11 is 0. The Morgan fingerprint density at radius 3 is 2.64 bits per heavy atom. The highest BCUT2D eigenvalue weighted by Crippen LogP contribution is 2.30. The molecular weight excluding hydrogens is 314 g/mol. The lowest BCUT2D eigenvalue weighted by Crippen LogP contribution is -2.15. The van der Waals surface area contributed by atoms with E-state index in [0.29, 0.717) is 22.5 Å². The number of nitrogens with zero attached hydrogens (tertiary/aromatic N) is 2. The van der Waals surface area contributed by atoms with E-state index >= 15 is 0 Å². The standard InChI is InChI=1S/C20H17N3O2/c1-12-6-5-11-23-18(13(2)21-19(12)23)20(25)22-16-9-3-8-15-14(16)7-4-10-17(15)24/h3-11,24H,1-2H3,(H,22,25). The van der Waals surface area contributed by atoms with Gasteiger partial charge >= 0.3 is 0 Å². The minimum Gasteiger partial charge on any atom is -0.507 e. The molecule has 5 heteroatoms. The Morgan fingerprint density at radius 2 is 1.80 bits per heavy atom. The van der Waals surface area contributed by atoms with Gasteiger partial charge in [0.15, 0.2) is 0 Å². The minimum absolute atomic E-state index is 0.190. The van der Waals surface area contributed by atoms with Gasteiger partial charge in [-0.2, -0.15) is 0 Å². The molecule has 0 saturated heterocycles. The summed E-state index contributed by atoms with van der Waals surface area (Å²) in [6, 6.07) is 14.6. The van der Waals surface area contributed by atoms with Gasteiger partial charge in [0.25, 0.3) is 5.91 Å². The van der Waals surface area contributed by atoms with Gasteiger partial charge in [-0.1, -0.05) is 30.3 Å². The van der Waals surface area contributed by atoms with Crippen LogP contribution in [0.25, 0.3) is 16.4 Å². The van der Waals surface area contributed by atoms with Crippen molar-refractivity contribution in [2.75, 3.05) is 5.32 Å². The van der Waals surface area contributed by atoms with Crippen LogP contribution in [-0.2, 0) is 0 Å². The summed E-state index contributed by atoms with van der Waals surface area (Å²) in [6.07, 6.45) is 1.84. The van der Waals surface area contributed by atoms with E-state index in [0.717, 1.165) is 16.6 Å². The number of phenolic OH excluding ortho intramolecular Hbond substituents is 1. The summed E-state index contributed by atoms with van der Waals surface area (Å²) in [4.78, 5) is 17.4. The van der Waals surface area contributed by atoms with Crippen molar-refractivity contribution in [1.29, 1.82) is 0 Å². The van der Waals surface area contributed by atoms with E-state index in [1.807, 2.05) is 60.8 Å². The van der Waals surface area contributed by atoms with E-state index < -0.39 is 0 Å². The number of benzene rings is 2. The molecule has 4 aromatic rings. The van der Waals surface area contributed by atoms with E-state index in [1.165, 1.54) is 0 Å². The van der Waals surface area contributed by atoms with E-state index in [-0.39, 0.29) is 11.7 Å². The molecule has 5 nitrogen and oxygen atoms in total. The predicted molar refractivity (Wildman–Crippen MR) is 98.2 cm³/mol. The van der Waals surface area contributed by atoms with Crippen molar-refractivity contribution in [2.24, 2.45) is 0 Å². The maximum atomic E-state index is 12.9. The van der Waals surface area contributed by atoms with Gasteiger partial charge in [-0.3, -0.25) is 9.20 Å². The number of phenols is 1. The average molecular weight is 331 g/mol. The number of carbonyl (C=O) groups is 1. The maximum absolute atomic E-state index is 12.9. The maximum Gasteiger partial charge on any atom is 0.274 e. The van der Waals surface area contributed by atoms with Gasteiger partial charge in [-0.05, 0) is 37.6 Å². The molecule has 0 bridgehead atoms. The van der Waals surface area contributed by atoms with Crippen LogP contribution >= 0.6 is 0 Å². The number of fused-ring (bicyclic) bond motifs is 2. The molecule has 2 heterocycles. The molecule has 0 fully saturated rings. The first-order valence-corrected chi connectivity index (χ1v) is 8.02. The topological polar surface area (TPSA) is 66.6 Å². The molecule has 0 unspecified atom stereocenters. The van der Waals surface area contributed by atoms with Crippen molar-refractivity contribution in [1.82, 2.24) is 9.38 Å². The molecule has 0 aliphatic carbocycles. The van der Waals surface area contributed by atoms with Crippen molar-refractivity contribution in [2.45, 2.75) is 13.8 Å². The molecule has 0 aliphatic heterocycles. The molecular formula is C20H17N3O2. The number of rotatable bonds is 2. The average Bonchev–Trinajstić information content (AvgIpc) is 2.93. The van der Waals surface area contributed by atoms with Crippen LogP contribution in [0.1, 0.15) is 21.7 Å². The molecule has 0 radical (unpaired) electrons. The molecule has 0 aliphatic rings. The highest BCUT2D eigenvalue weighted by atomic mass is 16.3. The smallest absolute Gasteiger partial charge is 0.274 e. The van der Waals surface area contributed by atoms with Gasteiger partial charge in [-0.25, -0.2) is 4.98 Å².